The van der Waals surface area contributed by atoms with E-state index in [0.29, 0.717) is 12.1 Å². The third-order valence-corrected chi connectivity index (χ3v) is 4.42. The van der Waals surface area contributed by atoms with Gasteiger partial charge in [-0.25, -0.2) is 4.39 Å². The lowest BCUT2D eigenvalue weighted by atomic mass is 9.92. The van der Waals surface area contributed by atoms with E-state index < -0.39 is 0 Å². The van der Waals surface area contributed by atoms with Crippen molar-refractivity contribution in [2.45, 2.75) is 40.0 Å². The number of aliphatic imine (C=N–C) groups is 1. The summed E-state index contributed by atoms with van der Waals surface area (Å²) in [6.45, 7) is 20.4. The van der Waals surface area contributed by atoms with Crippen molar-refractivity contribution in [2.24, 2.45) is 4.99 Å². The predicted molar refractivity (Wildman–Crippen MR) is 114 cm³/mol. The van der Waals surface area contributed by atoms with Crippen LogP contribution in [0.15, 0.2) is 42.9 Å². The monoisotopic (exact) mass is 356 g/mol. The van der Waals surface area contributed by atoms with Gasteiger partial charge in [0.15, 0.2) is 0 Å². The summed E-state index contributed by atoms with van der Waals surface area (Å²) in [4.78, 5) is 6.79. The molecular formula is C23H33FN2. The van der Waals surface area contributed by atoms with E-state index in [1.54, 1.807) is 12.1 Å². The van der Waals surface area contributed by atoms with Gasteiger partial charge < -0.3 is 4.90 Å². The Morgan fingerprint density at radius 3 is 2.42 bits per heavy atom. The predicted octanol–water partition coefficient (Wildman–Crippen LogP) is 5.99. The number of nitrogens with zero attached hydrogens (tertiary/aromatic N) is 2. The molecule has 0 unspecified atom stereocenters. The fraction of sp³-hybridized carbons (Fsp3) is 0.435. The summed E-state index contributed by atoms with van der Waals surface area (Å²) in [5.41, 5.74) is 4.81. The first-order valence-corrected chi connectivity index (χ1v) is 9.30. The highest BCUT2D eigenvalue weighted by molar-refractivity contribution is 6.03. The van der Waals surface area contributed by atoms with Crippen LogP contribution in [0.5, 0.6) is 0 Å². The van der Waals surface area contributed by atoms with E-state index in [4.69, 9.17) is 0 Å². The molecule has 142 valence electrons. The van der Waals surface area contributed by atoms with Crippen LogP contribution >= 0.6 is 0 Å². The van der Waals surface area contributed by atoms with Crippen LogP contribution in [0.2, 0.25) is 0 Å². The Balaban J connectivity index is 3.06. The minimum Gasteiger partial charge on any atom is -0.306 e. The Morgan fingerprint density at radius 2 is 1.85 bits per heavy atom. The van der Waals surface area contributed by atoms with Crippen molar-refractivity contribution < 1.29 is 4.39 Å². The third-order valence-electron chi connectivity index (χ3n) is 4.42. The van der Waals surface area contributed by atoms with Gasteiger partial charge in [-0.15, -0.1) is 6.58 Å². The first-order chi connectivity index (χ1) is 12.3. The minimum absolute atomic E-state index is 0.241. The van der Waals surface area contributed by atoms with Gasteiger partial charge in [-0.05, 0) is 76.5 Å². The zero-order valence-corrected chi connectivity index (χ0v) is 16.9. The maximum atomic E-state index is 14.7. The SMILES string of the molecule is C=CC/N=C(/C)c1cc(C(=C)CCCN(C)CCC)c(F)cc1C(=C)C. The van der Waals surface area contributed by atoms with Crippen molar-refractivity contribution in [1.29, 1.82) is 0 Å². The zero-order valence-electron chi connectivity index (χ0n) is 16.9. The molecule has 0 aliphatic rings. The molecule has 1 aromatic rings. The molecule has 0 heterocycles. The van der Waals surface area contributed by atoms with E-state index in [1.165, 1.54) is 0 Å². The van der Waals surface area contributed by atoms with Gasteiger partial charge in [0, 0.05) is 16.8 Å². The number of rotatable bonds is 11. The van der Waals surface area contributed by atoms with E-state index in [2.05, 4.69) is 43.6 Å². The van der Waals surface area contributed by atoms with Crippen molar-refractivity contribution in [3.8, 4) is 0 Å². The minimum atomic E-state index is -0.241. The van der Waals surface area contributed by atoms with Crippen LogP contribution in [0.25, 0.3) is 11.1 Å². The van der Waals surface area contributed by atoms with E-state index in [1.807, 2.05) is 19.9 Å². The molecule has 0 fully saturated rings. The lowest BCUT2D eigenvalue weighted by Crippen LogP contribution is -2.20. The van der Waals surface area contributed by atoms with Crippen molar-refractivity contribution >= 4 is 16.9 Å². The third kappa shape index (κ3) is 6.38. The van der Waals surface area contributed by atoms with Crippen LogP contribution in [0.3, 0.4) is 0 Å². The molecule has 0 aromatic heterocycles. The summed E-state index contributed by atoms with van der Waals surface area (Å²) >= 11 is 0. The van der Waals surface area contributed by atoms with Crippen LogP contribution < -0.4 is 0 Å². The largest absolute Gasteiger partial charge is 0.306 e. The maximum Gasteiger partial charge on any atom is 0.131 e. The van der Waals surface area contributed by atoms with Crippen molar-refractivity contribution in [3.63, 3.8) is 0 Å². The average molecular weight is 357 g/mol. The summed E-state index contributed by atoms with van der Waals surface area (Å²) in [5, 5.41) is 0. The molecule has 26 heavy (non-hydrogen) atoms. The molecular weight excluding hydrogens is 323 g/mol. The molecule has 0 saturated heterocycles. The van der Waals surface area contributed by atoms with E-state index in [0.717, 1.165) is 60.3 Å². The lowest BCUT2D eigenvalue weighted by Gasteiger charge is -2.17. The van der Waals surface area contributed by atoms with E-state index in [-0.39, 0.29) is 5.82 Å². The Labute approximate surface area is 158 Å². The standard InChI is InChI=1S/C23H33FN2/c1-8-12-25-19(6)22-15-21(23(24)16-20(22)17(3)4)18(5)11-10-14-26(7)13-9-2/h8,15-16H,1,3,5,9-14H2,2,4,6-7H3/b25-19-. The molecule has 0 bridgehead atoms. The summed E-state index contributed by atoms with van der Waals surface area (Å²) in [7, 11) is 2.12. The highest BCUT2D eigenvalue weighted by atomic mass is 19.1. The fourth-order valence-corrected chi connectivity index (χ4v) is 2.97. The van der Waals surface area contributed by atoms with Crippen LogP contribution in [0, 0.1) is 5.82 Å². The molecule has 2 nitrogen and oxygen atoms in total. The second-order valence-corrected chi connectivity index (χ2v) is 6.88. The van der Waals surface area contributed by atoms with Gasteiger partial charge >= 0.3 is 0 Å². The van der Waals surface area contributed by atoms with Crippen molar-refractivity contribution in [2.75, 3.05) is 26.7 Å². The van der Waals surface area contributed by atoms with Gasteiger partial charge in [-0.3, -0.25) is 4.99 Å². The highest BCUT2D eigenvalue weighted by Crippen LogP contribution is 2.28. The zero-order chi connectivity index (χ0) is 19.7. The highest BCUT2D eigenvalue weighted by Gasteiger charge is 2.14. The van der Waals surface area contributed by atoms with Crippen LogP contribution in [-0.4, -0.2) is 37.3 Å². The molecule has 0 N–H and O–H groups in total. The second-order valence-electron chi connectivity index (χ2n) is 6.88. The molecule has 0 radical (unpaired) electrons. The normalized spacial score (nSPS) is 11.7. The lowest BCUT2D eigenvalue weighted by molar-refractivity contribution is 0.332. The molecule has 0 aliphatic carbocycles. The summed E-state index contributed by atoms with van der Waals surface area (Å²) in [6.07, 6.45) is 4.64. The van der Waals surface area contributed by atoms with Gasteiger partial charge in [0.2, 0.25) is 0 Å². The average Bonchev–Trinajstić information content (AvgIpc) is 2.59. The number of benzene rings is 1. The maximum absolute atomic E-state index is 14.7. The second kappa shape index (κ2) is 10.9. The molecule has 0 aliphatic heterocycles. The van der Waals surface area contributed by atoms with Crippen molar-refractivity contribution in [1.82, 2.24) is 4.90 Å². The van der Waals surface area contributed by atoms with Gasteiger partial charge in [0.25, 0.3) is 0 Å². The number of allylic oxidation sites excluding steroid dienone is 2. The Kier molecular flexibility index (Phi) is 9.22. The van der Waals surface area contributed by atoms with Crippen LogP contribution in [-0.2, 0) is 0 Å². The number of halogens is 1. The summed E-state index contributed by atoms with van der Waals surface area (Å²) < 4.78 is 14.7. The molecule has 1 aromatic carbocycles. The van der Waals surface area contributed by atoms with Gasteiger partial charge in [-0.1, -0.05) is 31.7 Å². The molecule has 0 atom stereocenters. The number of hydrogen-bond acceptors (Lipinski definition) is 2. The fourth-order valence-electron chi connectivity index (χ4n) is 2.97. The Morgan fingerprint density at radius 1 is 1.15 bits per heavy atom. The first kappa shape index (κ1) is 22.0. The molecule has 0 spiro atoms. The topological polar surface area (TPSA) is 15.6 Å². The van der Waals surface area contributed by atoms with Gasteiger partial charge in [0.1, 0.15) is 5.82 Å². The molecule has 0 amide bonds. The quantitative estimate of drug-likeness (QED) is 0.351. The van der Waals surface area contributed by atoms with Gasteiger partial charge in [0.05, 0.1) is 6.54 Å². The van der Waals surface area contributed by atoms with E-state index in [9.17, 15) is 4.39 Å². The molecule has 0 saturated carbocycles. The Bertz CT molecular complexity index is 686. The summed E-state index contributed by atoms with van der Waals surface area (Å²) in [5.74, 6) is -0.241. The first-order valence-electron chi connectivity index (χ1n) is 9.30. The summed E-state index contributed by atoms with van der Waals surface area (Å²) in [6, 6.07) is 3.44. The smallest absolute Gasteiger partial charge is 0.131 e. The van der Waals surface area contributed by atoms with Crippen LogP contribution in [0.4, 0.5) is 4.39 Å². The Hall–Kier alpha value is -2.00. The van der Waals surface area contributed by atoms with Gasteiger partial charge in [-0.2, -0.15) is 0 Å². The molecule has 1 rings (SSSR count). The molecule has 3 heteroatoms. The van der Waals surface area contributed by atoms with E-state index >= 15 is 0 Å². The number of hydrogen-bond donors (Lipinski definition) is 0. The van der Waals surface area contributed by atoms with Crippen molar-refractivity contribution in [3.05, 3.63) is 60.5 Å². The van der Waals surface area contributed by atoms with Crippen LogP contribution in [0.1, 0.15) is 56.7 Å².